The first kappa shape index (κ1) is 33.6. The molecule has 1 aliphatic carbocycles. The molecule has 3 heterocycles. The molecule has 4 N–H and O–H groups in total. The van der Waals surface area contributed by atoms with Crippen molar-refractivity contribution in [1.82, 2.24) is 24.9 Å². The van der Waals surface area contributed by atoms with Gasteiger partial charge in [0.2, 0.25) is 11.9 Å². The minimum Gasteiger partial charge on any atom is -0.370 e. The molecule has 2 atom stereocenters. The molecule has 0 aliphatic heterocycles. The van der Waals surface area contributed by atoms with E-state index in [0.717, 1.165) is 86.3 Å². The monoisotopic (exact) mass is 610 g/mol. The minimum absolute atomic E-state index is 0.0224. The third-order valence-electron chi connectivity index (χ3n) is 7.83. The van der Waals surface area contributed by atoms with Crippen LogP contribution in [0, 0.1) is 5.92 Å². The smallest absolute Gasteiger partial charge is 0.224 e. The zero-order valence-electron chi connectivity index (χ0n) is 27.6. The first-order valence-electron chi connectivity index (χ1n) is 16.5. The second kappa shape index (κ2) is 17.2. The predicted octanol–water partition coefficient (Wildman–Crippen LogP) is 7.39. The molecule has 45 heavy (non-hydrogen) atoms. The lowest BCUT2D eigenvalue weighted by Gasteiger charge is -2.51. The van der Waals surface area contributed by atoms with Gasteiger partial charge in [0.15, 0.2) is 0 Å². The summed E-state index contributed by atoms with van der Waals surface area (Å²) in [4.78, 5) is 29.5. The molecule has 240 valence electrons. The van der Waals surface area contributed by atoms with Crippen molar-refractivity contribution in [1.29, 1.82) is 0 Å². The van der Waals surface area contributed by atoms with E-state index in [1.807, 2.05) is 43.6 Å². The molecule has 4 rings (SSSR count). The molecule has 0 radical (unpaired) electrons. The highest BCUT2D eigenvalue weighted by atomic mass is 15.2. The minimum atomic E-state index is -0.0839. The predicted molar refractivity (Wildman–Crippen MR) is 188 cm³/mol. The summed E-state index contributed by atoms with van der Waals surface area (Å²) < 4.78 is 0. The number of nitrogens with zero attached hydrogens (tertiary/aromatic N) is 6. The maximum Gasteiger partial charge on any atom is 0.224 e. The van der Waals surface area contributed by atoms with Crippen LogP contribution in [0.1, 0.15) is 95.1 Å². The number of hydrogen-bond acceptors (Lipinski definition) is 10. The van der Waals surface area contributed by atoms with E-state index in [0.29, 0.717) is 11.9 Å². The average molecular weight is 611 g/mol. The highest BCUT2D eigenvalue weighted by molar-refractivity contribution is 5.72. The molecule has 1 fully saturated rings. The summed E-state index contributed by atoms with van der Waals surface area (Å²) in [5.41, 5.74) is 3.64. The Kier molecular flexibility index (Phi) is 12.8. The molecule has 0 spiro atoms. The van der Waals surface area contributed by atoms with Crippen molar-refractivity contribution in [2.45, 2.75) is 78.1 Å². The second-order valence-electron chi connectivity index (χ2n) is 11.4. The third-order valence-corrected chi connectivity index (χ3v) is 7.83. The van der Waals surface area contributed by atoms with Crippen molar-refractivity contribution >= 4 is 29.7 Å². The highest BCUT2D eigenvalue weighted by Crippen LogP contribution is 2.64. The first-order chi connectivity index (χ1) is 22.0. The standard InChI is InChI=1S/C35H50N10/c1-7-12-20-36-24(6)30-32(26-22-28(38-16-8-2)44-34(42-26)40-18-10-4)31(25-15-13-14-21-37-25)33(30)27-23-29(39-17-9-3)45-35(43-27)41-19-11-5/h7,12-15,20-23,30-33H,6,8-11,16-19H2,1-5H3,(H2,38,40,42,44)(H2,39,41,43,45)/b12-7-,36-20?/t30?,31?,32-,33-/m1/s1. The fraction of sp³-hybridized carbons (Fsp3) is 0.486. The second-order valence-corrected chi connectivity index (χ2v) is 11.4. The summed E-state index contributed by atoms with van der Waals surface area (Å²) in [6.45, 7) is 18.3. The van der Waals surface area contributed by atoms with Gasteiger partial charge in [-0.1, -0.05) is 46.4 Å². The Hall–Kier alpha value is -4.34. The first-order valence-corrected chi connectivity index (χ1v) is 16.5. The van der Waals surface area contributed by atoms with Crippen LogP contribution in [0.2, 0.25) is 0 Å². The summed E-state index contributed by atoms with van der Waals surface area (Å²) in [6.07, 6.45) is 11.5. The molecule has 0 aromatic carbocycles. The van der Waals surface area contributed by atoms with Gasteiger partial charge in [-0.2, -0.15) is 9.97 Å². The van der Waals surface area contributed by atoms with Gasteiger partial charge in [0.25, 0.3) is 0 Å². The van der Waals surface area contributed by atoms with Crippen LogP contribution in [-0.4, -0.2) is 57.3 Å². The van der Waals surface area contributed by atoms with Crippen molar-refractivity contribution in [2.75, 3.05) is 47.4 Å². The lowest BCUT2D eigenvalue weighted by atomic mass is 9.52. The maximum absolute atomic E-state index is 5.10. The Balaban J connectivity index is 1.90. The van der Waals surface area contributed by atoms with Gasteiger partial charge in [0, 0.05) is 85.8 Å². The van der Waals surface area contributed by atoms with E-state index < -0.39 is 0 Å². The number of aromatic nitrogens is 5. The summed E-state index contributed by atoms with van der Waals surface area (Å²) in [7, 11) is 0. The van der Waals surface area contributed by atoms with Crippen LogP contribution >= 0.6 is 0 Å². The van der Waals surface area contributed by atoms with Crippen molar-refractivity contribution in [3.63, 3.8) is 0 Å². The van der Waals surface area contributed by atoms with Gasteiger partial charge >= 0.3 is 0 Å². The van der Waals surface area contributed by atoms with Crippen LogP contribution in [0.4, 0.5) is 23.5 Å². The van der Waals surface area contributed by atoms with Gasteiger partial charge in [-0.15, -0.1) is 0 Å². The van der Waals surface area contributed by atoms with E-state index in [1.54, 1.807) is 0 Å². The van der Waals surface area contributed by atoms with Crippen molar-refractivity contribution < 1.29 is 0 Å². The summed E-state index contributed by atoms with van der Waals surface area (Å²) in [5.74, 6) is 2.65. The van der Waals surface area contributed by atoms with Gasteiger partial charge in [-0.3, -0.25) is 9.98 Å². The molecule has 10 heteroatoms. The van der Waals surface area contributed by atoms with Crippen molar-refractivity contribution in [3.8, 4) is 0 Å². The molecular formula is C35H50N10. The molecule has 0 unspecified atom stereocenters. The van der Waals surface area contributed by atoms with Crippen LogP contribution in [-0.2, 0) is 0 Å². The van der Waals surface area contributed by atoms with E-state index in [2.05, 4.69) is 73.7 Å². The Morgan fingerprint density at radius 2 is 1.27 bits per heavy atom. The van der Waals surface area contributed by atoms with Crippen LogP contribution < -0.4 is 21.3 Å². The molecule has 3 aromatic heterocycles. The molecule has 0 bridgehead atoms. The molecule has 1 saturated carbocycles. The lowest BCUT2D eigenvalue weighted by molar-refractivity contribution is 0.178. The molecule has 10 nitrogen and oxygen atoms in total. The number of hydrogen-bond donors (Lipinski definition) is 4. The number of aliphatic imine (C=N–C) groups is 1. The van der Waals surface area contributed by atoms with Crippen LogP contribution in [0.5, 0.6) is 0 Å². The van der Waals surface area contributed by atoms with Crippen LogP contribution in [0.3, 0.4) is 0 Å². The van der Waals surface area contributed by atoms with Gasteiger partial charge in [-0.05, 0) is 50.8 Å². The molecular weight excluding hydrogens is 560 g/mol. The van der Waals surface area contributed by atoms with E-state index in [4.69, 9.17) is 29.9 Å². The summed E-state index contributed by atoms with van der Waals surface area (Å²) >= 11 is 0. The van der Waals surface area contributed by atoms with E-state index in [9.17, 15) is 0 Å². The van der Waals surface area contributed by atoms with Gasteiger partial charge in [-0.25, -0.2) is 9.97 Å². The SMILES string of the molecule is C=C(N=C/C=C\C)C1[C@@H](c2cc(NCCC)nc(NCCC)n2)C(c2ccccn2)[C@@H]1c1cc(NCCC)nc(NCCC)n1. The fourth-order valence-corrected chi connectivity index (χ4v) is 5.74. The molecule has 1 aliphatic rings. The number of nitrogens with one attached hydrogen (secondary N) is 4. The van der Waals surface area contributed by atoms with Crippen molar-refractivity contribution in [3.05, 3.63) is 78.0 Å². The number of rotatable bonds is 18. The number of pyridine rings is 1. The van der Waals surface area contributed by atoms with Crippen LogP contribution in [0.15, 0.2) is 65.9 Å². The molecule has 3 aromatic rings. The molecule has 0 saturated heterocycles. The summed E-state index contributed by atoms with van der Waals surface area (Å²) in [5, 5.41) is 13.8. The van der Waals surface area contributed by atoms with Gasteiger partial charge in [0.1, 0.15) is 11.6 Å². The van der Waals surface area contributed by atoms with Gasteiger partial charge < -0.3 is 21.3 Å². The Morgan fingerprint density at radius 3 is 1.73 bits per heavy atom. The topological polar surface area (TPSA) is 125 Å². The Labute approximate surface area is 268 Å². The fourth-order valence-electron chi connectivity index (χ4n) is 5.74. The zero-order valence-corrected chi connectivity index (χ0v) is 27.6. The average Bonchev–Trinajstić information content (AvgIpc) is 3.04. The van der Waals surface area contributed by atoms with Crippen LogP contribution in [0.25, 0.3) is 0 Å². The van der Waals surface area contributed by atoms with Crippen molar-refractivity contribution in [2.24, 2.45) is 10.9 Å². The van der Waals surface area contributed by atoms with E-state index >= 15 is 0 Å². The highest BCUT2D eigenvalue weighted by Gasteiger charge is 2.55. The van der Waals surface area contributed by atoms with Gasteiger partial charge in [0.05, 0.1) is 11.4 Å². The van der Waals surface area contributed by atoms with E-state index in [-0.39, 0.29) is 23.7 Å². The summed E-state index contributed by atoms with van der Waals surface area (Å²) in [6, 6.07) is 10.3. The lowest BCUT2D eigenvalue weighted by Crippen LogP contribution is -2.44. The Morgan fingerprint density at radius 1 is 0.733 bits per heavy atom. The quantitative estimate of drug-likeness (QED) is 0.109. The zero-order chi connectivity index (χ0) is 32.0. The molecule has 0 amide bonds. The Bertz CT molecular complexity index is 1300. The normalized spacial score (nSPS) is 19.4. The number of allylic oxidation sites excluding steroid dienone is 3. The largest absolute Gasteiger partial charge is 0.370 e. The van der Waals surface area contributed by atoms with E-state index in [1.165, 1.54) is 0 Å². The maximum atomic E-state index is 5.10. The third kappa shape index (κ3) is 8.65. The number of anilines is 4.